The Hall–Kier alpha value is -1.20. The van der Waals surface area contributed by atoms with Gasteiger partial charge in [0.05, 0.1) is 11.7 Å². The molecule has 1 heterocycles. The van der Waals surface area contributed by atoms with Crippen LogP contribution in [0.25, 0.3) is 0 Å². The number of thiocarbonyl (C=S) groups is 1. The Labute approximate surface area is 126 Å². The number of hydrogen-bond acceptors (Lipinski definition) is 4. The van der Waals surface area contributed by atoms with Crippen LogP contribution in [0.1, 0.15) is 43.5 Å². The van der Waals surface area contributed by atoms with Gasteiger partial charge < -0.3 is 15.8 Å². The number of aromatic nitrogens is 1. The summed E-state index contributed by atoms with van der Waals surface area (Å²) in [5.74, 6) is 0.796. The van der Waals surface area contributed by atoms with Gasteiger partial charge in [-0.3, -0.25) is 0 Å². The molecule has 1 unspecified atom stereocenters. The largest absolute Gasteiger partial charge is 0.389 e. The van der Waals surface area contributed by atoms with Crippen molar-refractivity contribution in [3.63, 3.8) is 0 Å². The molecule has 0 spiro atoms. The van der Waals surface area contributed by atoms with Crippen LogP contribution in [0.15, 0.2) is 6.07 Å². The van der Waals surface area contributed by atoms with E-state index < -0.39 is 0 Å². The summed E-state index contributed by atoms with van der Waals surface area (Å²) in [7, 11) is 0. The molecule has 0 radical (unpaired) electrons. The van der Waals surface area contributed by atoms with Crippen LogP contribution in [0, 0.1) is 0 Å². The van der Waals surface area contributed by atoms with E-state index in [0.29, 0.717) is 18.1 Å². The topological polar surface area (TPSA) is 60.2 Å². The summed E-state index contributed by atoms with van der Waals surface area (Å²) >= 11 is 5.15. The number of fused-ring (bicyclic) bond motifs is 1. The molecule has 20 heavy (non-hydrogen) atoms. The third kappa shape index (κ3) is 3.67. The van der Waals surface area contributed by atoms with Crippen molar-refractivity contribution in [2.24, 2.45) is 5.73 Å². The van der Waals surface area contributed by atoms with E-state index >= 15 is 0 Å². The zero-order valence-electron chi connectivity index (χ0n) is 12.2. The summed E-state index contributed by atoms with van der Waals surface area (Å²) in [4.78, 5) is 5.13. The van der Waals surface area contributed by atoms with Crippen molar-refractivity contribution in [1.29, 1.82) is 0 Å². The van der Waals surface area contributed by atoms with E-state index in [4.69, 9.17) is 27.7 Å². The summed E-state index contributed by atoms with van der Waals surface area (Å²) in [6.07, 6.45) is 4.69. The number of pyridine rings is 1. The van der Waals surface area contributed by atoms with Crippen LogP contribution in [0.5, 0.6) is 0 Å². The summed E-state index contributed by atoms with van der Waals surface area (Å²) in [5.41, 5.74) is 9.16. The molecule has 1 aromatic rings. The minimum Gasteiger partial charge on any atom is -0.389 e. The van der Waals surface area contributed by atoms with Crippen LogP contribution in [-0.2, 0) is 17.6 Å². The first-order valence-corrected chi connectivity index (χ1v) is 7.70. The predicted octanol–water partition coefficient (Wildman–Crippen LogP) is 2.43. The highest BCUT2D eigenvalue weighted by molar-refractivity contribution is 7.80. The average Bonchev–Trinajstić information content (AvgIpc) is 2.44. The molecule has 3 N–H and O–H groups in total. The number of rotatable bonds is 6. The number of nitrogens with zero attached hydrogens (tertiary/aromatic N) is 1. The lowest BCUT2D eigenvalue weighted by Gasteiger charge is -2.20. The second-order valence-electron chi connectivity index (χ2n) is 5.21. The molecule has 0 saturated heterocycles. The number of nitrogens with one attached hydrogen (secondary N) is 1. The number of aryl methyl sites for hydroxylation is 2. The molecule has 1 atom stereocenters. The van der Waals surface area contributed by atoms with Gasteiger partial charge in [-0.25, -0.2) is 4.98 Å². The SMILES string of the molecule is CCOC(C)CNc1nc2c(cc1C(N)=S)CCCC2. The molecule has 110 valence electrons. The lowest BCUT2D eigenvalue weighted by molar-refractivity contribution is 0.0855. The Kier molecular flexibility index (Phi) is 5.31. The van der Waals surface area contributed by atoms with Gasteiger partial charge in [0, 0.05) is 18.8 Å². The monoisotopic (exact) mass is 293 g/mol. The van der Waals surface area contributed by atoms with Crippen molar-refractivity contribution in [2.45, 2.75) is 45.6 Å². The molecular weight excluding hydrogens is 270 g/mol. The highest BCUT2D eigenvalue weighted by atomic mass is 32.1. The first-order valence-electron chi connectivity index (χ1n) is 7.30. The zero-order valence-corrected chi connectivity index (χ0v) is 13.1. The highest BCUT2D eigenvalue weighted by Gasteiger charge is 2.16. The fourth-order valence-electron chi connectivity index (χ4n) is 2.54. The van der Waals surface area contributed by atoms with Crippen molar-refractivity contribution in [3.05, 3.63) is 22.9 Å². The van der Waals surface area contributed by atoms with Gasteiger partial charge in [-0.05, 0) is 51.2 Å². The molecule has 0 saturated carbocycles. The Morgan fingerprint density at radius 1 is 1.50 bits per heavy atom. The number of anilines is 1. The molecule has 1 aliphatic rings. The van der Waals surface area contributed by atoms with E-state index in [1.165, 1.54) is 24.1 Å². The van der Waals surface area contributed by atoms with E-state index in [2.05, 4.69) is 11.4 Å². The summed E-state index contributed by atoms with van der Waals surface area (Å²) in [5, 5.41) is 3.33. The van der Waals surface area contributed by atoms with Gasteiger partial charge in [0.25, 0.3) is 0 Å². The third-order valence-corrected chi connectivity index (χ3v) is 3.79. The van der Waals surface area contributed by atoms with Crippen LogP contribution >= 0.6 is 12.2 Å². The van der Waals surface area contributed by atoms with Gasteiger partial charge >= 0.3 is 0 Å². The molecule has 5 heteroatoms. The van der Waals surface area contributed by atoms with Crippen molar-refractivity contribution in [1.82, 2.24) is 4.98 Å². The van der Waals surface area contributed by atoms with Crippen LogP contribution in [-0.4, -0.2) is 29.2 Å². The molecule has 0 bridgehead atoms. The van der Waals surface area contributed by atoms with Crippen LogP contribution in [0.3, 0.4) is 0 Å². The Morgan fingerprint density at radius 3 is 2.95 bits per heavy atom. The maximum Gasteiger partial charge on any atom is 0.136 e. The van der Waals surface area contributed by atoms with E-state index in [-0.39, 0.29) is 6.10 Å². The predicted molar refractivity (Wildman–Crippen MR) is 86.3 cm³/mol. The Bertz CT molecular complexity index is 490. The Balaban J connectivity index is 2.19. The summed E-state index contributed by atoms with van der Waals surface area (Å²) in [6.45, 7) is 5.45. The summed E-state index contributed by atoms with van der Waals surface area (Å²) < 4.78 is 5.52. The van der Waals surface area contributed by atoms with Crippen LogP contribution in [0.2, 0.25) is 0 Å². The van der Waals surface area contributed by atoms with Crippen LogP contribution in [0.4, 0.5) is 5.82 Å². The van der Waals surface area contributed by atoms with Gasteiger partial charge in [-0.1, -0.05) is 12.2 Å². The van der Waals surface area contributed by atoms with E-state index in [1.54, 1.807) is 0 Å². The maximum atomic E-state index is 5.83. The van der Waals surface area contributed by atoms with Gasteiger partial charge in [-0.15, -0.1) is 0 Å². The van der Waals surface area contributed by atoms with Gasteiger partial charge in [0.1, 0.15) is 10.8 Å². The van der Waals surface area contributed by atoms with E-state index in [1.807, 2.05) is 13.8 Å². The molecule has 0 fully saturated rings. The van der Waals surface area contributed by atoms with Gasteiger partial charge in [0.2, 0.25) is 0 Å². The minimum atomic E-state index is 0.136. The van der Waals surface area contributed by atoms with Crippen molar-refractivity contribution in [3.8, 4) is 0 Å². The van der Waals surface area contributed by atoms with Crippen molar-refractivity contribution >= 4 is 23.0 Å². The summed E-state index contributed by atoms with van der Waals surface area (Å²) in [6, 6.07) is 2.11. The molecule has 0 aromatic carbocycles. The number of hydrogen-bond donors (Lipinski definition) is 2. The fourth-order valence-corrected chi connectivity index (χ4v) is 2.70. The van der Waals surface area contributed by atoms with E-state index in [9.17, 15) is 0 Å². The lowest BCUT2D eigenvalue weighted by atomic mass is 9.94. The Morgan fingerprint density at radius 2 is 2.25 bits per heavy atom. The number of ether oxygens (including phenoxy) is 1. The fraction of sp³-hybridized carbons (Fsp3) is 0.600. The smallest absolute Gasteiger partial charge is 0.136 e. The third-order valence-electron chi connectivity index (χ3n) is 3.57. The maximum absolute atomic E-state index is 5.83. The van der Waals surface area contributed by atoms with Gasteiger partial charge in [-0.2, -0.15) is 0 Å². The molecule has 0 aliphatic heterocycles. The standard InChI is InChI=1S/C15H23N3OS/c1-3-19-10(2)9-17-15-12(14(16)20)8-11-6-4-5-7-13(11)18-15/h8,10H,3-7,9H2,1-2H3,(H2,16,20)(H,17,18). The van der Waals surface area contributed by atoms with Crippen molar-refractivity contribution < 1.29 is 4.74 Å². The second kappa shape index (κ2) is 6.99. The lowest BCUT2D eigenvalue weighted by Crippen LogP contribution is -2.23. The van der Waals surface area contributed by atoms with Crippen molar-refractivity contribution in [2.75, 3.05) is 18.5 Å². The number of nitrogens with two attached hydrogens (primary N) is 1. The molecule has 0 amide bonds. The first kappa shape index (κ1) is 15.2. The quantitative estimate of drug-likeness (QED) is 0.789. The average molecular weight is 293 g/mol. The molecule has 1 aromatic heterocycles. The van der Waals surface area contributed by atoms with Crippen LogP contribution < -0.4 is 11.1 Å². The second-order valence-corrected chi connectivity index (χ2v) is 5.65. The highest BCUT2D eigenvalue weighted by Crippen LogP contribution is 2.24. The molecule has 2 rings (SSSR count). The zero-order chi connectivity index (χ0) is 14.5. The normalized spacial score (nSPS) is 15.5. The first-order chi connectivity index (χ1) is 9.61. The minimum absolute atomic E-state index is 0.136. The van der Waals surface area contributed by atoms with E-state index in [0.717, 1.165) is 24.2 Å². The molecule has 4 nitrogen and oxygen atoms in total. The van der Waals surface area contributed by atoms with Gasteiger partial charge in [0.15, 0.2) is 0 Å². The molecule has 1 aliphatic carbocycles. The molecular formula is C15H23N3OS.